The number of anilines is 1. The molecule has 0 spiro atoms. The minimum atomic E-state index is 0.346. The maximum atomic E-state index is 3.81. The lowest BCUT2D eigenvalue weighted by Crippen LogP contribution is -2.50. The van der Waals surface area contributed by atoms with Crippen molar-refractivity contribution in [1.82, 2.24) is 5.32 Å². The van der Waals surface area contributed by atoms with Gasteiger partial charge in [0.25, 0.3) is 0 Å². The first-order chi connectivity index (χ1) is 9.79. The largest absolute Gasteiger partial charge is 0.370 e. The lowest BCUT2D eigenvalue weighted by Gasteiger charge is -2.37. The first-order valence-electron chi connectivity index (χ1n) is 8.35. The Morgan fingerprint density at radius 1 is 1.15 bits per heavy atom. The highest BCUT2D eigenvalue weighted by atomic mass is 15.2. The number of rotatable bonds is 8. The third-order valence-electron chi connectivity index (χ3n) is 4.46. The molecule has 1 aliphatic rings. The van der Waals surface area contributed by atoms with Gasteiger partial charge < -0.3 is 10.2 Å². The van der Waals surface area contributed by atoms with Crippen LogP contribution in [-0.2, 0) is 0 Å². The standard InChI is InChI=1S/C18H30N2/c1-3-5-15-20(17-10-7-6-8-11-17)16-18(12-4-2)13-9-14-19-18/h6-8,10-11,19H,3-5,9,12-16H2,1-2H3. The highest BCUT2D eigenvalue weighted by Gasteiger charge is 2.34. The smallest absolute Gasteiger partial charge is 0.0366 e. The van der Waals surface area contributed by atoms with Crippen LogP contribution in [0.5, 0.6) is 0 Å². The molecule has 2 rings (SSSR count). The lowest BCUT2D eigenvalue weighted by molar-refractivity contribution is 0.343. The van der Waals surface area contributed by atoms with E-state index in [0.29, 0.717) is 5.54 Å². The molecule has 1 fully saturated rings. The maximum Gasteiger partial charge on any atom is 0.0366 e. The van der Waals surface area contributed by atoms with Gasteiger partial charge in [-0.2, -0.15) is 0 Å². The molecule has 0 saturated carbocycles. The molecule has 0 bridgehead atoms. The van der Waals surface area contributed by atoms with Crippen LogP contribution in [0, 0.1) is 0 Å². The van der Waals surface area contributed by atoms with Gasteiger partial charge in [0.15, 0.2) is 0 Å². The molecule has 2 heteroatoms. The van der Waals surface area contributed by atoms with Crippen molar-refractivity contribution in [3.8, 4) is 0 Å². The molecule has 1 aromatic carbocycles. The Morgan fingerprint density at radius 2 is 1.95 bits per heavy atom. The SMILES string of the molecule is CCCCN(CC1(CCC)CCCN1)c1ccccc1. The van der Waals surface area contributed by atoms with Crippen LogP contribution in [0.3, 0.4) is 0 Å². The van der Waals surface area contributed by atoms with Gasteiger partial charge in [-0.3, -0.25) is 0 Å². The number of nitrogens with one attached hydrogen (secondary N) is 1. The summed E-state index contributed by atoms with van der Waals surface area (Å²) in [5, 5.41) is 3.81. The van der Waals surface area contributed by atoms with Gasteiger partial charge in [-0.25, -0.2) is 0 Å². The molecule has 20 heavy (non-hydrogen) atoms. The van der Waals surface area contributed by atoms with Gasteiger partial charge in [-0.15, -0.1) is 0 Å². The highest BCUT2D eigenvalue weighted by Crippen LogP contribution is 2.28. The first kappa shape index (κ1) is 15.4. The summed E-state index contributed by atoms with van der Waals surface area (Å²) in [5.74, 6) is 0. The van der Waals surface area contributed by atoms with Crippen molar-refractivity contribution in [3.05, 3.63) is 30.3 Å². The Balaban J connectivity index is 2.10. The van der Waals surface area contributed by atoms with Gasteiger partial charge in [0.05, 0.1) is 0 Å². The second-order valence-corrected chi connectivity index (χ2v) is 6.17. The van der Waals surface area contributed by atoms with E-state index < -0.39 is 0 Å². The average molecular weight is 274 g/mol. The number of unbranched alkanes of at least 4 members (excludes halogenated alkanes) is 1. The second kappa shape index (κ2) is 7.68. The molecule has 112 valence electrons. The zero-order valence-corrected chi connectivity index (χ0v) is 13.2. The molecule has 0 aliphatic carbocycles. The van der Waals surface area contributed by atoms with Crippen molar-refractivity contribution >= 4 is 5.69 Å². The molecular formula is C18H30N2. The van der Waals surface area contributed by atoms with E-state index >= 15 is 0 Å². The third-order valence-corrected chi connectivity index (χ3v) is 4.46. The Morgan fingerprint density at radius 3 is 2.55 bits per heavy atom. The van der Waals surface area contributed by atoms with Crippen molar-refractivity contribution in [2.45, 2.75) is 57.9 Å². The minimum Gasteiger partial charge on any atom is -0.370 e. The molecule has 0 aromatic heterocycles. The van der Waals surface area contributed by atoms with Gasteiger partial charge in [0.1, 0.15) is 0 Å². The normalized spacial score (nSPS) is 22.1. The van der Waals surface area contributed by atoms with E-state index in [4.69, 9.17) is 0 Å². The summed E-state index contributed by atoms with van der Waals surface area (Å²) in [4.78, 5) is 2.59. The molecule has 1 atom stereocenters. The van der Waals surface area contributed by atoms with E-state index in [9.17, 15) is 0 Å². The molecule has 1 heterocycles. The van der Waals surface area contributed by atoms with Gasteiger partial charge in [0, 0.05) is 24.3 Å². The predicted molar refractivity (Wildman–Crippen MR) is 88.4 cm³/mol. The van der Waals surface area contributed by atoms with Crippen LogP contribution in [0.4, 0.5) is 5.69 Å². The van der Waals surface area contributed by atoms with Crippen molar-refractivity contribution < 1.29 is 0 Å². The molecule has 1 unspecified atom stereocenters. The molecule has 0 amide bonds. The fourth-order valence-corrected chi connectivity index (χ4v) is 3.43. The summed E-state index contributed by atoms with van der Waals surface area (Å²) in [6.07, 6.45) is 7.76. The summed E-state index contributed by atoms with van der Waals surface area (Å²) in [6.45, 7) is 8.11. The topological polar surface area (TPSA) is 15.3 Å². The van der Waals surface area contributed by atoms with Crippen LogP contribution in [0.2, 0.25) is 0 Å². The first-order valence-corrected chi connectivity index (χ1v) is 8.35. The van der Waals surface area contributed by atoms with E-state index in [2.05, 4.69) is 54.4 Å². The molecule has 1 saturated heterocycles. The second-order valence-electron chi connectivity index (χ2n) is 6.17. The molecule has 1 aliphatic heterocycles. The quantitative estimate of drug-likeness (QED) is 0.763. The number of hydrogen-bond donors (Lipinski definition) is 1. The van der Waals surface area contributed by atoms with Gasteiger partial charge >= 0.3 is 0 Å². The van der Waals surface area contributed by atoms with E-state index in [-0.39, 0.29) is 0 Å². The Bertz CT molecular complexity index is 368. The fourth-order valence-electron chi connectivity index (χ4n) is 3.43. The Kier molecular flexibility index (Phi) is 5.90. The van der Waals surface area contributed by atoms with Crippen molar-refractivity contribution in [3.63, 3.8) is 0 Å². The zero-order chi connectivity index (χ0) is 14.3. The summed E-state index contributed by atoms with van der Waals surface area (Å²) in [7, 11) is 0. The summed E-state index contributed by atoms with van der Waals surface area (Å²) in [6, 6.07) is 10.9. The van der Waals surface area contributed by atoms with Gasteiger partial charge in [-0.1, -0.05) is 44.9 Å². The zero-order valence-electron chi connectivity index (χ0n) is 13.2. The van der Waals surface area contributed by atoms with Crippen LogP contribution in [0.25, 0.3) is 0 Å². The Hall–Kier alpha value is -1.02. The average Bonchev–Trinajstić information content (AvgIpc) is 2.93. The van der Waals surface area contributed by atoms with Crippen LogP contribution in [0.1, 0.15) is 52.4 Å². The maximum absolute atomic E-state index is 3.81. The summed E-state index contributed by atoms with van der Waals surface area (Å²) < 4.78 is 0. The molecule has 2 nitrogen and oxygen atoms in total. The van der Waals surface area contributed by atoms with Crippen LogP contribution < -0.4 is 10.2 Å². The summed E-state index contributed by atoms with van der Waals surface area (Å²) >= 11 is 0. The number of nitrogens with zero attached hydrogens (tertiary/aromatic N) is 1. The highest BCUT2D eigenvalue weighted by molar-refractivity contribution is 5.46. The van der Waals surface area contributed by atoms with Gasteiger partial charge in [-0.05, 0) is 44.4 Å². The molecular weight excluding hydrogens is 244 g/mol. The van der Waals surface area contributed by atoms with Crippen LogP contribution >= 0.6 is 0 Å². The molecule has 1 N–H and O–H groups in total. The van der Waals surface area contributed by atoms with Crippen molar-refractivity contribution in [1.29, 1.82) is 0 Å². The lowest BCUT2D eigenvalue weighted by atomic mass is 9.91. The van der Waals surface area contributed by atoms with Crippen LogP contribution in [0.15, 0.2) is 30.3 Å². The predicted octanol–water partition coefficient (Wildman–Crippen LogP) is 4.22. The van der Waals surface area contributed by atoms with Crippen molar-refractivity contribution in [2.75, 3.05) is 24.5 Å². The molecule has 1 aromatic rings. The monoisotopic (exact) mass is 274 g/mol. The van der Waals surface area contributed by atoms with Crippen molar-refractivity contribution in [2.24, 2.45) is 0 Å². The Labute approximate surface area is 124 Å². The van der Waals surface area contributed by atoms with E-state index in [0.717, 1.165) is 6.54 Å². The number of benzene rings is 1. The third kappa shape index (κ3) is 3.99. The van der Waals surface area contributed by atoms with E-state index in [1.54, 1.807) is 0 Å². The number of hydrogen-bond acceptors (Lipinski definition) is 2. The van der Waals surface area contributed by atoms with Gasteiger partial charge in [0.2, 0.25) is 0 Å². The van der Waals surface area contributed by atoms with E-state index in [1.165, 1.54) is 57.3 Å². The van der Waals surface area contributed by atoms with E-state index in [1.807, 2.05) is 0 Å². The number of para-hydroxylation sites is 1. The fraction of sp³-hybridized carbons (Fsp3) is 0.667. The molecule has 0 radical (unpaired) electrons. The summed E-state index contributed by atoms with van der Waals surface area (Å²) in [5.41, 5.74) is 1.73. The van der Waals surface area contributed by atoms with Crippen LogP contribution in [-0.4, -0.2) is 25.2 Å². The minimum absolute atomic E-state index is 0.346.